The zero-order chi connectivity index (χ0) is 45.8. The lowest BCUT2D eigenvalue weighted by molar-refractivity contribution is -0.167. The normalized spacial score (nSPS) is 13.4. The molecule has 0 spiro atoms. The quantitative estimate of drug-likeness (QED) is 0.0200. The summed E-state index contributed by atoms with van der Waals surface area (Å²) in [7, 11) is 0. The topological polar surface area (TPSA) is 78.9 Å². The van der Waals surface area contributed by atoms with Crippen LogP contribution in [0.3, 0.4) is 0 Å². The lowest BCUT2D eigenvalue weighted by Crippen LogP contribution is -2.30. The molecule has 0 aliphatic carbocycles. The molecule has 0 rings (SSSR count). The standard InChI is InChI=1S/C57H86O6/c1-4-7-10-13-16-19-22-25-27-28-29-31-32-35-38-41-44-47-50-56(59)62-53-54(52-61-55(58)49-46-43-40-37-34-24-21-18-15-12-9-6-3)63-57(60)51-48-45-42-39-36-33-30-26-23-20-17-14-11-8-5-2/h8-14,16-23,25-31,33,36,54H,4-7,15,24,32,34-35,37-53H2,1-3H3/b11-8-,12-9-,13-10-,17-14-,19-16-,21-18-,23-20-,25-22-,28-27-,30-26-,31-29-,36-33-. The Morgan fingerprint density at radius 2 is 0.698 bits per heavy atom. The second-order valence-electron chi connectivity index (χ2n) is 15.5. The Morgan fingerprint density at radius 3 is 1.16 bits per heavy atom. The Morgan fingerprint density at radius 1 is 0.349 bits per heavy atom. The average molecular weight is 867 g/mol. The first-order valence-electron chi connectivity index (χ1n) is 24.5. The van der Waals surface area contributed by atoms with E-state index >= 15 is 0 Å². The highest BCUT2D eigenvalue weighted by atomic mass is 16.6. The zero-order valence-corrected chi connectivity index (χ0v) is 39.8. The molecule has 0 bridgehead atoms. The summed E-state index contributed by atoms with van der Waals surface area (Å²) in [6, 6.07) is 0. The SMILES string of the molecule is CC\C=C/C=C\C=C/C=C\C=C/CCCCCC(=O)OC(COC(=O)CCCCCCC\C=C/C=C\C=C/C=C\C=C/CCC)COC(=O)CCCCCCC/C=C\C/C=C\CC. The highest BCUT2D eigenvalue weighted by Gasteiger charge is 2.19. The molecule has 6 heteroatoms. The van der Waals surface area contributed by atoms with Crippen molar-refractivity contribution in [2.24, 2.45) is 0 Å². The van der Waals surface area contributed by atoms with Crippen molar-refractivity contribution in [2.45, 2.75) is 181 Å². The van der Waals surface area contributed by atoms with E-state index in [1.54, 1.807) is 0 Å². The maximum absolute atomic E-state index is 12.8. The van der Waals surface area contributed by atoms with Gasteiger partial charge in [-0.2, -0.15) is 0 Å². The summed E-state index contributed by atoms with van der Waals surface area (Å²) in [6.07, 6.45) is 71.1. The molecule has 1 unspecified atom stereocenters. The molecule has 0 aromatic rings. The van der Waals surface area contributed by atoms with Gasteiger partial charge in [0.25, 0.3) is 0 Å². The fourth-order valence-corrected chi connectivity index (χ4v) is 5.94. The number of allylic oxidation sites excluding steroid dienone is 24. The first kappa shape index (κ1) is 58.3. The summed E-state index contributed by atoms with van der Waals surface area (Å²) in [5, 5.41) is 0. The number of unbranched alkanes of at least 4 members (excludes halogenated alkanes) is 14. The van der Waals surface area contributed by atoms with Gasteiger partial charge in [0.1, 0.15) is 13.2 Å². The molecule has 0 saturated heterocycles. The van der Waals surface area contributed by atoms with Crippen LogP contribution in [0.5, 0.6) is 0 Å². The minimum absolute atomic E-state index is 0.118. The molecule has 6 nitrogen and oxygen atoms in total. The number of hydrogen-bond acceptors (Lipinski definition) is 6. The molecule has 0 amide bonds. The minimum Gasteiger partial charge on any atom is -0.462 e. The maximum Gasteiger partial charge on any atom is 0.306 e. The van der Waals surface area contributed by atoms with Gasteiger partial charge in [0, 0.05) is 19.3 Å². The van der Waals surface area contributed by atoms with E-state index in [0.29, 0.717) is 19.3 Å². The van der Waals surface area contributed by atoms with Crippen LogP contribution in [0.4, 0.5) is 0 Å². The van der Waals surface area contributed by atoms with Crippen molar-refractivity contribution in [3.8, 4) is 0 Å². The number of carbonyl (C=O) groups excluding carboxylic acids is 3. The van der Waals surface area contributed by atoms with Gasteiger partial charge in [0.15, 0.2) is 6.10 Å². The van der Waals surface area contributed by atoms with Gasteiger partial charge >= 0.3 is 17.9 Å². The van der Waals surface area contributed by atoms with E-state index in [2.05, 4.69) is 81.5 Å². The number of hydrogen-bond donors (Lipinski definition) is 0. The lowest BCUT2D eigenvalue weighted by atomic mass is 10.1. The van der Waals surface area contributed by atoms with Gasteiger partial charge in [-0.05, 0) is 83.5 Å². The molecule has 0 aliphatic heterocycles. The van der Waals surface area contributed by atoms with E-state index in [0.717, 1.165) is 122 Å². The largest absolute Gasteiger partial charge is 0.462 e. The molecule has 0 radical (unpaired) electrons. The van der Waals surface area contributed by atoms with Gasteiger partial charge in [-0.1, -0.05) is 218 Å². The lowest BCUT2D eigenvalue weighted by Gasteiger charge is -2.18. The number of carbonyl (C=O) groups is 3. The molecule has 0 heterocycles. The van der Waals surface area contributed by atoms with E-state index in [-0.39, 0.29) is 37.5 Å². The van der Waals surface area contributed by atoms with Crippen molar-refractivity contribution in [3.05, 3.63) is 146 Å². The summed E-state index contributed by atoms with van der Waals surface area (Å²) in [6.45, 7) is 6.19. The Bertz CT molecular complexity index is 1460. The highest BCUT2D eigenvalue weighted by Crippen LogP contribution is 2.12. The fourth-order valence-electron chi connectivity index (χ4n) is 5.94. The van der Waals surface area contributed by atoms with E-state index in [1.165, 1.54) is 6.42 Å². The first-order valence-corrected chi connectivity index (χ1v) is 24.5. The zero-order valence-electron chi connectivity index (χ0n) is 39.8. The molecule has 0 aliphatic rings. The van der Waals surface area contributed by atoms with Crippen molar-refractivity contribution >= 4 is 17.9 Å². The van der Waals surface area contributed by atoms with Crippen LogP contribution in [-0.4, -0.2) is 37.2 Å². The molecule has 0 saturated carbocycles. The van der Waals surface area contributed by atoms with E-state index in [1.807, 2.05) is 85.1 Å². The molecule has 350 valence electrons. The third-order valence-electron chi connectivity index (χ3n) is 9.55. The van der Waals surface area contributed by atoms with Gasteiger partial charge in [-0.25, -0.2) is 0 Å². The number of ether oxygens (including phenoxy) is 3. The van der Waals surface area contributed by atoms with Crippen LogP contribution < -0.4 is 0 Å². The molecule has 0 aromatic carbocycles. The average Bonchev–Trinajstić information content (AvgIpc) is 3.28. The van der Waals surface area contributed by atoms with Crippen LogP contribution in [0.1, 0.15) is 175 Å². The third-order valence-corrected chi connectivity index (χ3v) is 9.55. The fraction of sp³-hybridized carbons (Fsp3) is 0.526. The Kier molecular flexibility index (Phi) is 46.2. The van der Waals surface area contributed by atoms with Crippen LogP contribution >= 0.6 is 0 Å². The van der Waals surface area contributed by atoms with E-state index in [9.17, 15) is 14.4 Å². The molecule has 0 fully saturated rings. The van der Waals surface area contributed by atoms with Crippen LogP contribution in [0.2, 0.25) is 0 Å². The Hall–Kier alpha value is -4.71. The van der Waals surface area contributed by atoms with E-state index in [4.69, 9.17) is 14.2 Å². The van der Waals surface area contributed by atoms with Gasteiger partial charge in [-0.15, -0.1) is 0 Å². The molecule has 63 heavy (non-hydrogen) atoms. The van der Waals surface area contributed by atoms with Crippen LogP contribution in [0.25, 0.3) is 0 Å². The van der Waals surface area contributed by atoms with Gasteiger partial charge in [-0.3, -0.25) is 14.4 Å². The minimum atomic E-state index is -0.823. The van der Waals surface area contributed by atoms with Gasteiger partial charge < -0.3 is 14.2 Å². The van der Waals surface area contributed by atoms with Crippen LogP contribution in [-0.2, 0) is 28.6 Å². The molecule has 0 aromatic heterocycles. The second kappa shape index (κ2) is 49.9. The highest BCUT2D eigenvalue weighted by molar-refractivity contribution is 5.71. The molecular weight excluding hydrogens is 781 g/mol. The van der Waals surface area contributed by atoms with Gasteiger partial charge in [0.05, 0.1) is 0 Å². The molecular formula is C57H86O6. The van der Waals surface area contributed by atoms with Crippen molar-refractivity contribution in [1.29, 1.82) is 0 Å². The Balaban J connectivity index is 4.57. The van der Waals surface area contributed by atoms with Crippen LogP contribution in [0.15, 0.2) is 146 Å². The summed E-state index contributed by atoms with van der Waals surface area (Å²) in [4.78, 5) is 37.9. The first-order chi connectivity index (χ1) is 31.0. The van der Waals surface area contributed by atoms with Crippen molar-refractivity contribution in [1.82, 2.24) is 0 Å². The van der Waals surface area contributed by atoms with Crippen molar-refractivity contribution < 1.29 is 28.6 Å². The number of esters is 3. The molecule has 0 N–H and O–H groups in total. The maximum atomic E-state index is 12.8. The summed E-state index contributed by atoms with van der Waals surface area (Å²) in [5.74, 6) is -1.01. The monoisotopic (exact) mass is 867 g/mol. The predicted molar refractivity (Wildman–Crippen MR) is 269 cm³/mol. The van der Waals surface area contributed by atoms with Crippen molar-refractivity contribution in [3.63, 3.8) is 0 Å². The second-order valence-corrected chi connectivity index (χ2v) is 15.5. The molecule has 1 atom stereocenters. The summed E-state index contributed by atoms with van der Waals surface area (Å²) in [5.41, 5.74) is 0. The number of rotatable bonds is 41. The summed E-state index contributed by atoms with van der Waals surface area (Å²) < 4.78 is 16.7. The summed E-state index contributed by atoms with van der Waals surface area (Å²) >= 11 is 0. The smallest absolute Gasteiger partial charge is 0.306 e. The predicted octanol–water partition coefficient (Wildman–Crippen LogP) is 16.1. The third kappa shape index (κ3) is 48.2. The van der Waals surface area contributed by atoms with Gasteiger partial charge in [0.2, 0.25) is 0 Å². The van der Waals surface area contributed by atoms with E-state index < -0.39 is 6.10 Å². The van der Waals surface area contributed by atoms with Crippen LogP contribution in [0, 0.1) is 0 Å². The Labute approximate surface area is 385 Å². The van der Waals surface area contributed by atoms with Crippen molar-refractivity contribution in [2.75, 3.05) is 13.2 Å².